The van der Waals surface area contributed by atoms with Crippen LogP contribution in [0.5, 0.6) is 11.5 Å². The maximum atomic E-state index is 13.0. The summed E-state index contributed by atoms with van der Waals surface area (Å²) in [5.41, 5.74) is 1.64. The van der Waals surface area contributed by atoms with Crippen LogP contribution in [-0.4, -0.2) is 24.7 Å². The molecule has 0 spiro atoms. The predicted octanol–water partition coefficient (Wildman–Crippen LogP) is 4.04. The van der Waals surface area contributed by atoms with Crippen LogP contribution in [0.15, 0.2) is 57.7 Å². The van der Waals surface area contributed by atoms with Gasteiger partial charge < -0.3 is 23.8 Å². The summed E-state index contributed by atoms with van der Waals surface area (Å²) in [5, 5.41) is 4.02. The fourth-order valence-electron chi connectivity index (χ4n) is 3.53. The molecule has 2 heterocycles. The van der Waals surface area contributed by atoms with Crippen molar-refractivity contribution in [1.82, 2.24) is 4.57 Å². The lowest BCUT2D eigenvalue weighted by atomic mass is 10.2. The monoisotopic (exact) mass is 392 g/mol. The number of nitrogens with one attached hydrogen (secondary N) is 1. The van der Waals surface area contributed by atoms with Crippen molar-refractivity contribution >= 4 is 33.5 Å². The van der Waals surface area contributed by atoms with E-state index >= 15 is 0 Å². The highest BCUT2D eigenvalue weighted by molar-refractivity contribution is 6.10. The Labute approximate surface area is 166 Å². The number of aryl methyl sites for hydroxylation is 1. The number of nitrogens with zero attached hydrogens (tertiary/aromatic N) is 1. The lowest BCUT2D eigenvalue weighted by Gasteiger charge is -2.12. The Morgan fingerprint density at radius 2 is 1.79 bits per heavy atom. The Kier molecular flexibility index (Phi) is 4.72. The quantitative estimate of drug-likeness (QED) is 0.519. The normalized spacial score (nSPS) is 11.0. The second-order valence-corrected chi connectivity index (χ2v) is 6.45. The van der Waals surface area contributed by atoms with E-state index in [9.17, 15) is 9.59 Å². The predicted molar refractivity (Wildman–Crippen MR) is 111 cm³/mol. The molecule has 2 aromatic carbocycles. The van der Waals surface area contributed by atoms with Gasteiger partial charge in [0.2, 0.25) is 0 Å². The summed E-state index contributed by atoms with van der Waals surface area (Å²) in [6, 6.07) is 14.0. The van der Waals surface area contributed by atoms with Crippen LogP contribution in [0.1, 0.15) is 17.4 Å². The number of para-hydroxylation sites is 1. The van der Waals surface area contributed by atoms with E-state index in [1.807, 2.05) is 23.6 Å². The molecule has 29 heavy (non-hydrogen) atoms. The van der Waals surface area contributed by atoms with Gasteiger partial charge in [0.1, 0.15) is 11.3 Å². The summed E-state index contributed by atoms with van der Waals surface area (Å²) in [6.07, 6.45) is 0. The fourth-order valence-corrected chi connectivity index (χ4v) is 3.53. The molecule has 0 bridgehead atoms. The lowest BCUT2D eigenvalue weighted by Crippen LogP contribution is -2.16. The van der Waals surface area contributed by atoms with Crippen molar-refractivity contribution in [3.8, 4) is 11.5 Å². The SMILES string of the molecule is CCn1c(C(=O)Nc2ccc(OC)c(OC)c2)cc2c(=O)oc3ccccc3c21. The summed E-state index contributed by atoms with van der Waals surface area (Å²) < 4.78 is 17.7. The van der Waals surface area contributed by atoms with Gasteiger partial charge in [-0.3, -0.25) is 4.79 Å². The first-order valence-corrected chi connectivity index (χ1v) is 9.15. The molecule has 0 aliphatic carbocycles. The van der Waals surface area contributed by atoms with Crippen molar-refractivity contribution in [1.29, 1.82) is 0 Å². The number of carbonyl (C=O) groups is 1. The number of fused-ring (bicyclic) bond motifs is 3. The van der Waals surface area contributed by atoms with Crippen molar-refractivity contribution in [3.63, 3.8) is 0 Å². The molecule has 1 amide bonds. The average molecular weight is 392 g/mol. The van der Waals surface area contributed by atoms with E-state index in [1.165, 1.54) is 7.11 Å². The first-order chi connectivity index (χ1) is 14.1. The van der Waals surface area contributed by atoms with Crippen LogP contribution in [0.3, 0.4) is 0 Å². The highest BCUT2D eigenvalue weighted by Gasteiger charge is 2.20. The average Bonchev–Trinajstić information content (AvgIpc) is 3.14. The molecule has 0 unspecified atom stereocenters. The molecule has 2 aromatic heterocycles. The fraction of sp³-hybridized carbons (Fsp3) is 0.182. The maximum Gasteiger partial charge on any atom is 0.345 e. The number of hydrogen-bond donors (Lipinski definition) is 1. The summed E-state index contributed by atoms with van der Waals surface area (Å²) in [7, 11) is 3.08. The molecule has 0 saturated carbocycles. The Morgan fingerprint density at radius 1 is 1.03 bits per heavy atom. The number of carbonyl (C=O) groups excluding carboxylic acids is 1. The first kappa shape index (κ1) is 18.6. The molecule has 7 nitrogen and oxygen atoms in total. The van der Waals surface area contributed by atoms with E-state index in [0.717, 1.165) is 5.39 Å². The van der Waals surface area contributed by atoms with Gasteiger partial charge in [0.05, 0.1) is 25.1 Å². The molecule has 0 fully saturated rings. The van der Waals surface area contributed by atoms with Crippen molar-refractivity contribution in [2.45, 2.75) is 13.5 Å². The molecule has 7 heteroatoms. The van der Waals surface area contributed by atoms with Gasteiger partial charge in [-0.2, -0.15) is 0 Å². The number of amides is 1. The van der Waals surface area contributed by atoms with E-state index in [4.69, 9.17) is 13.9 Å². The van der Waals surface area contributed by atoms with Crippen LogP contribution in [-0.2, 0) is 6.54 Å². The van der Waals surface area contributed by atoms with Gasteiger partial charge in [-0.15, -0.1) is 0 Å². The van der Waals surface area contributed by atoms with Crippen LogP contribution >= 0.6 is 0 Å². The number of anilines is 1. The highest BCUT2D eigenvalue weighted by atomic mass is 16.5. The van der Waals surface area contributed by atoms with Crippen molar-refractivity contribution in [2.75, 3.05) is 19.5 Å². The third-order valence-electron chi connectivity index (χ3n) is 4.85. The second kappa shape index (κ2) is 7.35. The van der Waals surface area contributed by atoms with Crippen molar-refractivity contribution in [2.24, 2.45) is 0 Å². The molecular weight excluding hydrogens is 372 g/mol. The van der Waals surface area contributed by atoms with E-state index < -0.39 is 5.63 Å². The first-order valence-electron chi connectivity index (χ1n) is 9.15. The number of methoxy groups -OCH3 is 2. The van der Waals surface area contributed by atoms with Crippen LogP contribution in [0.25, 0.3) is 21.9 Å². The summed E-state index contributed by atoms with van der Waals surface area (Å²) in [6.45, 7) is 2.45. The van der Waals surface area contributed by atoms with E-state index in [0.29, 0.717) is 45.9 Å². The van der Waals surface area contributed by atoms with Gasteiger partial charge in [0.25, 0.3) is 5.91 Å². The molecule has 0 aliphatic heterocycles. The zero-order valence-corrected chi connectivity index (χ0v) is 16.3. The second-order valence-electron chi connectivity index (χ2n) is 6.45. The van der Waals surface area contributed by atoms with E-state index in [1.54, 1.807) is 43.5 Å². The van der Waals surface area contributed by atoms with Gasteiger partial charge in [-0.05, 0) is 37.3 Å². The minimum absolute atomic E-state index is 0.334. The summed E-state index contributed by atoms with van der Waals surface area (Å²) in [5.74, 6) is 0.740. The van der Waals surface area contributed by atoms with Gasteiger partial charge in [-0.25, -0.2) is 4.79 Å². The van der Waals surface area contributed by atoms with Crippen molar-refractivity contribution in [3.05, 3.63) is 64.6 Å². The Bertz CT molecular complexity index is 1290. The Balaban J connectivity index is 1.82. The molecule has 0 atom stereocenters. The Hall–Kier alpha value is -3.74. The van der Waals surface area contributed by atoms with Crippen LogP contribution < -0.4 is 20.4 Å². The number of aromatic nitrogens is 1. The van der Waals surface area contributed by atoms with Crippen molar-refractivity contribution < 1.29 is 18.7 Å². The number of rotatable bonds is 5. The molecule has 1 N–H and O–H groups in total. The number of benzene rings is 2. The molecule has 0 aliphatic rings. The molecule has 4 aromatic rings. The van der Waals surface area contributed by atoms with Gasteiger partial charge in [0.15, 0.2) is 11.5 Å². The largest absolute Gasteiger partial charge is 0.493 e. The molecule has 0 saturated heterocycles. The number of ether oxygens (including phenoxy) is 2. The van der Waals surface area contributed by atoms with E-state index in [2.05, 4.69) is 5.32 Å². The van der Waals surface area contributed by atoms with Gasteiger partial charge >= 0.3 is 5.63 Å². The third-order valence-corrected chi connectivity index (χ3v) is 4.85. The molecular formula is C22H20N2O5. The number of hydrogen-bond acceptors (Lipinski definition) is 5. The smallest absolute Gasteiger partial charge is 0.345 e. The minimum atomic E-state index is -0.467. The lowest BCUT2D eigenvalue weighted by molar-refractivity contribution is 0.101. The molecule has 148 valence electrons. The zero-order chi connectivity index (χ0) is 20.5. The molecule has 4 rings (SSSR count). The molecule has 0 radical (unpaired) electrons. The van der Waals surface area contributed by atoms with Gasteiger partial charge in [-0.1, -0.05) is 12.1 Å². The van der Waals surface area contributed by atoms with Gasteiger partial charge in [0, 0.05) is 23.7 Å². The maximum absolute atomic E-state index is 13.0. The van der Waals surface area contributed by atoms with Crippen LogP contribution in [0.4, 0.5) is 5.69 Å². The third kappa shape index (κ3) is 3.10. The van der Waals surface area contributed by atoms with Crippen LogP contribution in [0, 0.1) is 0 Å². The Morgan fingerprint density at radius 3 is 2.52 bits per heavy atom. The topological polar surface area (TPSA) is 82.7 Å². The van der Waals surface area contributed by atoms with Crippen LogP contribution in [0.2, 0.25) is 0 Å². The standard InChI is InChI=1S/C22H20N2O5/c1-4-24-16(21(25)23-13-9-10-18(27-2)19(11-13)28-3)12-15-20(24)14-7-5-6-8-17(14)29-22(15)26/h5-12H,4H2,1-3H3,(H,23,25). The highest BCUT2D eigenvalue weighted by Crippen LogP contribution is 2.31. The zero-order valence-electron chi connectivity index (χ0n) is 16.3. The van der Waals surface area contributed by atoms with E-state index in [-0.39, 0.29) is 5.91 Å². The summed E-state index contributed by atoms with van der Waals surface area (Å²) in [4.78, 5) is 25.5. The minimum Gasteiger partial charge on any atom is -0.493 e. The summed E-state index contributed by atoms with van der Waals surface area (Å²) >= 11 is 0.